The van der Waals surface area contributed by atoms with Crippen molar-refractivity contribution >= 4 is 5.91 Å². The van der Waals surface area contributed by atoms with Gasteiger partial charge in [-0.1, -0.05) is 6.92 Å². The molecule has 0 aliphatic carbocycles. The standard InChI is InChI=1S/C14H27N3O/c1-4-14(6-8-15-9-7-14)13(18)17-10-5-12(11-17)16(2)3/h12,15H,4-11H2,1-3H3. The summed E-state index contributed by atoms with van der Waals surface area (Å²) in [6, 6.07) is 0.546. The summed E-state index contributed by atoms with van der Waals surface area (Å²) in [5.41, 5.74) is -0.0769. The predicted molar refractivity (Wildman–Crippen MR) is 73.5 cm³/mol. The summed E-state index contributed by atoms with van der Waals surface area (Å²) in [5, 5.41) is 3.37. The van der Waals surface area contributed by atoms with Crippen molar-refractivity contribution in [1.82, 2.24) is 15.1 Å². The molecule has 0 aromatic heterocycles. The zero-order valence-corrected chi connectivity index (χ0v) is 12.0. The van der Waals surface area contributed by atoms with Crippen LogP contribution in [0.25, 0.3) is 0 Å². The average Bonchev–Trinajstić information content (AvgIpc) is 2.88. The zero-order valence-electron chi connectivity index (χ0n) is 12.0. The maximum absolute atomic E-state index is 12.8. The molecule has 2 aliphatic heterocycles. The van der Waals surface area contributed by atoms with E-state index < -0.39 is 0 Å². The Labute approximate surface area is 111 Å². The Morgan fingerprint density at radius 3 is 2.56 bits per heavy atom. The first-order valence-corrected chi connectivity index (χ1v) is 7.25. The van der Waals surface area contributed by atoms with Crippen molar-refractivity contribution in [2.24, 2.45) is 5.41 Å². The van der Waals surface area contributed by atoms with E-state index in [-0.39, 0.29) is 5.41 Å². The fourth-order valence-electron chi connectivity index (χ4n) is 3.31. The molecule has 2 aliphatic rings. The van der Waals surface area contributed by atoms with Crippen molar-refractivity contribution in [3.05, 3.63) is 0 Å². The molecule has 2 saturated heterocycles. The van der Waals surface area contributed by atoms with Gasteiger partial charge in [-0.3, -0.25) is 4.79 Å². The maximum Gasteiger partial charge on any atom is 0.228 e. The van der Waals surface area contributed by atoms with Gasteiger partial charge in [-0.15, -0.1) is 0 Å². The lowest BCUT2D eigenvalue weighted by atomic mass is 9.75. The molecular formula is C14H27N3O. The van der Waals surface area contributed by atoms with Crippen LogP contribution in [0.2, 0.25) is 0 Å². The average molecular weight is 253 g/mol. The van der Waals surface area contributed by atoms with Gasteiger partial charge < -0.3 is 15.1 Å². The quantitative estimate of drug-likeness (QED) is 0.813. The number of hydrogen-bond donors (Lipinski definition) is 1. The first-order valence-electron chi connectivity index (χ1n) is 7.25. The molecule has 0 bridgehead atoms. The highest BCUT2D eigenvalue weighted by atomic mass is 16.2. The largest absolute Gasteiger partial charge is 0.341 e. The van der Waals surface area contributed by atoms with Crippen LogP contribution in [0.5, 0.6) is 0 Å². The van der Waals surface area contributed by atoms with Crippen molar-refractivity contribution in [1.29, 1.82) is 0 Å². The molecule has 0 aromatic carbocycles. The number of carbonyl (C=O) groups is 1. The molecule has 0 radical (unpaired) electrons. The van der Waals surface area contributed by atoms with Crippen LogP contribution in [-0.2, 0) is 4.79 Å². The van der Waals surface area contributed by atoms with Crippen LogP contribution in [0, 0.1) is 5.41 Å². The molecule has 0 spiro atoms. The summed E-state index contributed by atoms with van der Waals surface area (Å²) in [6.07, 6.45) is 4.12. The Morgan fingerprint density at radius 2 is 2.06 bits per heavy atom. The Balaban J connectivity index is 2.02. The highest BCUT2D eigenvalue weighted by Gasteiger charge is 2.42. The Morgan fingerprint density at radius 1 is 1.39 bits per heavy atom. The van der Waals surface area contributed by atoms with E-state index in [0.29, 0.717) is 11.9 Å². The third-order valence-corrected chi connectivity index (χ3v) is 4.87. The van der Waals surface area contributed by atoms with Gasteiger partial charge in [0.25, 0.3) is 0 Å². The van der Waals surface area contributed by atoms with Crippen LogP contribution in [-0.4, -0.2) is 62.0 Å². The molecule has 1 N–H and O–H groups in total. The first kappa shape index (κ1) is 13.8. The van der Waals surface area contributed by atoms with Crippen molar-refractivity contribution in [3.63, 3.8) is 0 Å². The fraction of sp³-hybridized carbons (Fsp3) is 0.929. The van der Waals surface area contributed by atoms with E-state index in [1.54, 1.807) is 0 Å². The number of amides is 1. The number of likely N-dealkylation sites (tertiary alicyclic amines) is 1. The highest BCUT2D eigenvalue weighted by molar-refractivity contribution is 5.83. The lowest BCUT2D eigenvalue weighted by Crippen LogP contribution is -2.49. The second-order valence-electron chi connectivity index (χ2n) is 6.04. The minimum Gasteiger partial charge on any atom is -0.341 e. The second-order valence-corrected chi connectivity index (χ2v) is 6.04. The third kappa shape index (κ3) is 2.54. The minimum absolute atomic E-state index is 0.0769. The van der Waals surface area contributed by atoms with E-state index >= 15 is 0 Å². The number of likely N-dealkylation sites (N-methyl/N-ethyl adjacent to an activating group) is 1. The predicted octanol–water partition coefficient (Wildman–Crippen LogP) is 0.929. The second kappa shape index (κ2) is 5.57. The van der Waals surface area contributed by atoms with E-state index in [2.05, 4.69) is 36.1 Å². The van der Waals surface area contributed by atoms with Gasteiger partial charge in [-0.05, 0) is 52.9 Å². The molecule has 18 heavy (non-hydrogen) atoms. The molecule has 2 heterocycles. The first-order chi connectivity index (χ1) is 8.59. The van der Waals surface area contributed by atoms with Crippen molar-refractivity contribution in [2.45, 2.75) is 38.6 Å². The van der Waals surface area contributed by atoms with Gasteiger partial charge in [-0.2, -0.15) is 0 Å². The molecule has 1 atom stereocenters. The van der Waals surface area contributed by atoms with Crippen molar-refractivity contribution in [3.8, 4) is 0 Å². The summed E-state index contributed by atoms with van der Waals surface area (Å²) in [6.45, 7) is 6.01. The van der Waals surface area contributed by atoms with Crippen LogP contribution >= 0.6 is 0 Å². The number of carbonyl (C=O) groups excluding carboxylic acids is 1. The van der Waals surface area contributed by atoms with Crippen molar-refractivity contribution < 1.29 is 4.79 Å². The summed E-state index contributed by atoms with van der Waals surface area (Å²) >= 11 is 0. The summed E-state index contributed by atoms with van der Waals surface area (Å²) in [7, 11) is 4.22. The normalized spacial score (nSPS) is 27.8. The SMILES string of the molecule is CCC1(C(=O)N2CCC(N(C)C)C2)CCNCC1. The molecule has 4 nitrogen and oxygen atoms in total. The molecule has 0 saturated carbocycles. The van der Waals surface area contributed by atoms with E-state index in [9.17, 15) is 4.79 Å². The number of hydrogen-bond acceptors (Lipinski definition) is 3. The highest BCUT2D eigenvalue weighted by Crippen LogP contribution is 2.35. The smallest absolute Gasteiger partial charge is 0.228 e. The third-order valence-electron chi connectivity index (χ3n) is 4.87. The van der Waals surface area contributed by atoms with Gasteiger partial charge in [-0.25, -0.2) is 0 Å². The Hall–Kier alpha value is -0.610. The van der Waals surface area contributed by atoms with E-state index in [0.717, 1.165) is 51.9 Å². The molecule has 2 fully saturated rings. The van der Waals surface area contributed by atoms with Crippen LogP contribution in [0.4, 0.5) is 0 Å². The van der Waals surface area contributed by atoms with Gasteiger partial charge in [0.2, 0.25) is 5.91 Å². The van der Waals surface area contributed by atoms with E-state index in [1.165, 1.54) is 0 Å². The minimum atomic E-state index is -0.0769. The summed E-state index contributed by atoms with van der Waals surface area (Å²) in [4.78, 5) is 17.2. The molecule has 1 amide bonds. The maximum atomic E-state index is 12.8. The summed E-state index contributed by atoms with van der Waals surface area (Å²) in [5.74, 6) is 0.413. The number of nitrogens with one attached hydrogen (secondary N) is 1. The molecule has 104 valence electrons. The van der Waals surface area contributed by atoms with Gasteiger partial charge >= 0.3 is 0 Å². The van der Waals surface area contributed by atoms with Gasteiger partial charge in [0.1, 0.15) is 0 Å². The molecule has 4 heteroatoms. The number of nitrogens with zero attached hydrogens (tertiary/aromatic N) is 2. The van der Waals surface area contributed by atoms with Crippen LogP contribution < -0.4 is 5.32 Å². The topological polar surface area (TPSA) is 35.6 Å². The fourth-order valence-corrected chi connectivity index (χ4v) is 3.31. The van der Waals surface area contributed by atoms with Crippen LogP contribution in [0.1, 0.15) is 32.6 Å². The van der Waals surface area contributed by atoms with Gasteiger partial charge in [0.15, 0.2) is 0 Å². The lowest BCUT2D eigenvalue weighted by molar-refractivity contribution is -0.143. The number of rotatable bonds is 3. The summed E-state index contributed by atoms with van der Waals surface area (Å²) < 4.78 is 0. The molecular weight excluding hydrogens is 226 g/mol. The van der Waals surface area contributed by atoms with Gasteiger partial charge in [0, 0.05) is 19.1 Å². The molecule has 0 aromatic rings. The van der Waals surface area contributed by atoms with E-state index in [4.69, 9.17) is 0 Å². The Kier molecular flexibility index (Phi) is 4.28. The zero-order chi connectivity index (χ0) is 13.2. The molecule has 1 unspecified atom stereocenters. The van der Waals surface area contributed by atoms with Crippen LogP contribution in [0.3, 0.4) is 0 Å². The van der Waals surface area contributed by atoms with E-state index in [1.807, 2.05) is 0 Å². The molecule has 2 rings (SSSR count). The van der Waals surface area contributed by atoms with Crippen LogP contribution in [0.15, 0.2) is 0 Å². The number of piperidine rings is 1. The lowest BCUT2D eigenvalue weighted by Gasteiger charge is -2.38. The monoisotopic (exact) mass is 253 g/mol. The Bertz CT molecular complexity index is 297. The van der Waals surface area contributed by atoms with Crippen molar-refractivity contribution in [2.75, 3.05) is 40.3 Å². The van der Waals surface area contributed by atoms with Gasteiger partial charge in [0.05, 0.1) is 5.41 Å².